The van der Waals surface area contributed by atoms with Crippen LogP contribution in [0.2, 0.25) is 0 Å². The van der Waals surface area contributed by atoms with Crippen LogP contribution in [0, 0.1) is 13.8 Å². The first-order chi connectivity index (χ1) is 13.4. The molecule has 0 radical (unpaired) electrons. The van der Waals surface area contributed by atoms with Crippen molar-refractivity contribution >= 4 is 10.0 Å². The molecule has 3 aromatic rings. The van der Waals surface area contributed by atoms with Crippen LogP contribution in [0.15, 0.2) is 57.9 Å². The van der Waals surface area contributed by atoms with Gasteiger partial charge >= 0.3 is 0 Å². The number of nitrogens with zero attached hydrogens (tertiary/aromatic N) is 3. The van der Waals surface area contributed by atoms with Crippen LogP contribution in [0.1, 0.15) is 35.8 Å². The van der Waals surface area contributed by atoms with Crippen LogP contribution >= 0.6 is 0 Å². The predicted octanol–water partition coefficient (Wildman–Crippen LogP) is 3.92. The first-order valence-corrected chi connectivity index (χ1v) is 10.9. The zero-order valence-corrected chi connectivity index (χ0v) is 16.8. The quantitative estimate of drug-likeness (QED) is 0.667. The van der Waals surface area contributed by atoms with Gasteiger partial charge in [-0.1, -0.05) is 41.6 Å². The van der Waals surface area contributed by atoms with Crippen molar-refractivity contribution in [3.8, 4) is 11.4 Å². The Balaban J connectivity index is 1.56. The number of aryl methyl sites for hydroxylation is 2. The number of hydrogen-bond donors (Lipinski definition) is 0. The van der Waals surface area contributed by atoms with Crippen LogP contribution in [0.3, 0.4) is 0 Å². The molecule has 1 aliphatic heterocycles. The summed E-state index contributed by atoms with van der Waals surface area (Å²) < 4.78 is 33.2. The van der Waals surface area contributed by atoms with Gasteiger partial charge in [0.05, 0.1) is 10.8 Å². The van der Waals surface area contributed by atoms with Gasteiger partial charge in [-0.05, 0) is 49.9 Å². The van der Waals surface area contributed by atoms with Crippen molar-refractivity contribution in [2.45, 2.75) is 37.5 Å². The molecular weight excluding hydrogens is 374 g/mol. The van der Waals surface area contributed by atoms with E-state index in [0.717, 1.165) is 29.5 Å². The van der Waals surface area contributed by atoms with E-state index in [1.165, 1.54) is 4.31 Å². The second kappa shape index (κ2) is 7.48. The molecule has 0 saturated carbocycles. The van der Waals surface area contributed by atoms with Crippen LogP contribution in [-0.4, -0.2) is 36.0 Å². The van der Waals surface area contributed by atoms with Gasteiger partial charge in [0, 0.05) is 18.7 Å². The minimum Gasteiger partial charge on any atom is -0.339 e. The van der Waals surface area contributed by atoms with Gasteiger partial charge < -0.3 is 4.52 Å². The molecule has 0 N–H and O–H groups in total. The molecule has 0 amide bonds. The fraction of sp³-hybridized carbons (Fsp3) is 0.333. The van der Waals surface area contributed by atoms with E-state index in [9.17, 15) is 8.42 Å². The minimum absolute atomic E-state index is 0.0972. The molecule has 6 nitrogen and oxygen atoms in total. The number of aromatic nitrogens is 2. The number of piperidine rings is 1. The van der Waals surface area contributed by atoms with Gasteiger partial charge in [-0.15, -0.1) is 0 Å². The molecule has 2 heterocycles. The highest BCUT2D eigenvalue weighted by Crippen LogP contribution is 2.31. The minimum atomic E-state index is -3.54. The van der Waals surface area contributed by atoms with Crippen LogP contribution in [0.4, 0.5) is 0 Å². The summed E-state index contributed by atoms with van der Waals surface area (Å²) >= 11 is 0. The van der Waals surface area contributed by atoms with Gasteiger partial charge in [-0.3, -0.25) is 0 Å². The molecule has 1 aliphatic rings. The van der Waals surface area contributed by atoms with Crippen molar-refractivity contribution in [1.29, 1.82) is 0 Å². The summed E-state index contributed by atoms with van der Waals surface area (Å²) in [5, 5.41) is 4.07. The first-order valence-electron chi connectivity index (χ1n) is 9.41. The molecule has 1 unspecified atom stereocenters. The average molecular weight is 398 g/mol. The molecule has 146 valence electrons. The number of rotatable bonds is 4. The summed E-state index contributed by atoms with van der Waals surface area (Å²) in [6, 6.07) is 14.9. The van der Waals surface area contributed by atoms with Crippen LogP contribution < -0.4 is 0 Å². The molecule has 4 rings (SSSR count). The largest absolute Gasteiger partial charge is 0.339 e. The SMILES string of the molecule is Cc1ccc(S(=O)(=O)N2CCCC(c3nc(-c4ccccc4)no3)C2)cc1C. The second-order valence-corrected chi connectivity index (χ2v) is 9.21. The summed E-state index contributed by atoms with van der Waals surface area (Å²) in [6.45, 7) is 4.76. The van der Waals surface area contributed by atoms with Crippen molar-refractivity contribution in [3.63, 3.8) is 0 Å². The Morgan fingerprint density at radius 1 is 1.07 bits per heavy atom. The summed E-state index contributed by atoms with van der Waals surface area (Å²) in [5.74, 6) is 0.934. The fourth-order valence-electron chi connectivity index (χ4n) is 3.49. The van der Waals surface area contributed by atoms with Gasteiger partial charge in [-0.25, -0.2) is 8.42 Å². The first kappa shape index (κ1) is 18.8. The Bertz CT molecular complexity index is 1080. The van der Waals surface area contributed by atoms with Gasteiger partial charge in [0.1, 0.15) is 0 Å². The smallest absolute Gasteiger partial charge is 0.243 e. The molecule has 0 aliphatic carbocycles. The van der Waals surface area contributed by atoms with E-state index in [1.807, 2.05) is 50.2 Å². The van der Waals surface area contributed by atoms with E-state index in [-0.39, 0.29) is 5.92 Å². The third-order valence-electron chi connectivity index (χ3n) is 5.32. The third-order valence-corrected chi connectivity index (χ3v) is 7.18. The maximum Gasteiger partial charge on any atom is 0.243 e. The Morgan fingerprint density at radius 2 is 1.86 bits per heavy atom. The van der Waals surface area contributed by atoms with E-state index in [1.54, 1.807) is 12.1 Å². The number of hydrogen-bond acceptors (Lipinski definition) is 5. The monoisotopic (exact) mass is 397 g/mol. The van der Waals surface area contributed by atoms with Crippen molar-refractivity contribution in [2.24, 2.45) is 0 Å². The van der Waals surface area contributed by atoms with Gasteiger partial charge in [0.2, 0.25) is 21.7 Å². The van der Waals surface area contributed by atoms with Crippen molar-refractivity contribution in [3.05, 3.63) is 65.5 Å². The summed E-state index contributed by atoms with van der Waals surface area (Å²) in [6.07, 6.45) is 1.59. The lowest BCUT2D eigenvalue weighted by Gasteiger charge is -2.30. The van der Waals surface area contributed by atoms with E-state index >= 15 is 0 Å². The van der Waals surface area contributed by atoms with E-state index < -0.39 is 10.0 Å². The molecule has 1 fully saturated rings. The molecule has 0 spiro atoms. The molecule has 0 bridgehead atoms. The third kappa shape index (κ3) is 3.59. The van der Waals surface area contributed by atoms with Crippen LogP contribution in [-0.2, 0) is 10.0 Å². The maximum atomic E-state index is 13.1. The van der Waals surface area contributed by atoms with Gasteiger partial charge in [0.15, 0.2) is 0 Å². The highest BCUT2D eigenvalue weighted by atomic mass is 32.2. The number of sulfonamides is 1. The Kier molecular flexibility index (Phi) is 5.03. The zero-order valence-electron chi connectivity index (χ0n) is 16.0. The maximum absolute atomic E-state index is 13.1. The average Bonchev–Trinajstić information content (AvgIpc) is 3.21. The van der Waals surface area contributed by atoms with E-state index in [0.29, 0.717) is 29.7 Å². The summed E-state index contributed by atoms with van der Waals surface area (Å²) in [4.78, 5) is 4.86. The Morgan fingerprint density at radius 3 is 2.61 bits per heavy atom. The molecule has 7 heteroatoms. The fourth-order valence-corrected chi connectivity index (χ4v) is 5.10. The van der Waals surface area contributed by atoms with E-state index in [2.05, 4.69) is 10.1 Å². The summed E-state index contributed by atoms with van der Waals surface area (Å²) in [7, 11) is -3.54. The van der Waals surface area contributed by atoms with Crippen LogP contribution in [0.5, 0.6) is 0 Å². The normalized spacial score (nSPS) is 18.3. The Labute approximate surface area is 165 Å². The predicted molar refractivity (Wildman–Crippen MR) is 106 cm³/mol. The molecule has 1 saturated heterocycles. The lowest BCUT2D eigenvalue weighted by atomic mass is 10.00. The standard InChI is InChI=1S/C21H23N3O3S/c1-15-10-11-19(13-16(15)2)28(25,26)24-12-6-9-18(14-24)21-22-20(23-27-21)17-7-4-3-5-8-17/h3-5,7-8,10-11,13,18H,6,9,12,14H2,1-2H3. The molecule has 1 aromatic heterocycles. The topological polar surface area (TPSA) is 76.3 Å². The highest BCUT2D eigenvalue weighted by Gasteiger charge is 2.33. The van der Waals surface area contributed by atoms with Crippen molar-refractivity contribution in [2.75, 3.05) is 13.1 Å². The Hall–Kier alpha value is -2.51. The zero-order chi connectivity index (χ0) is 19.7. The number of benzene rings is 2. The molecule has 2 aromatic carbocycles. The molecular formula is C21H23N3O3S. The van der Waals surface area contributed by atoms with Crippen molar-refractivity contribution in [1.82, 2.24) is 14.4 Å². The van der Waals surface area contributed by atoms with Crippen molar-refractivity contribution < 1.29 is 12.9 Å². The molecule has 28 heavy (non-hydrogen) atoms. The lowest BCUT2D eigenvalue weighted by Crippen LogP contribution is -2.39. The molecule has 1 atom stereocenters. The summed E-state index contributed by atoms with van der Waals surface area (Å²) in [5.41, 5.74) is 2.93. The second-order valence-electron chi connectivity index (χ2n) is 7.27. The van der Waals surface area contributed by atoms with Crippen LogP contribution in [0.25, 0.3) is 11.4 Å². The highest BCUT2D eigenvalue weighted by molar-refractivity contribution is 7.89. The van der Waals surface area contributed by atoms with Gasteiger partial charge in [-0.2, -0.15) is 9.29 Å². The lowest BCUT2D eigenvalue weighted by molar-refractivity contribution is 0.265. The van der Waals surface area contributed by atoms with Gasteiger partial charge in [0.25, 0.3) is 0 Å². The van der Waals surface area contributed by atoms with E-state index in [4.69, 9.17) is 4.52 Å².